The number of nitrogens with zero attached hydrogens (tertiary/aromatic N) is 2. The van der Waals surface area contributed by atoms with Crippen LogP contribution in [0.5, 0.6) is 5.75 Å². The lowest BCUT2D eigenvalue weighted by Crippen LogP contribution is -1.96. The summed E-state index contributed by atoms with van der Waals surface area (Å²) in [5.41, 5.74) is 3.88. The second-order valence-corrected chi connectivity index (χ2v) is 4.15. The Balaban J connectivity index is 2.04. The molecule has 0 aliphatic carbocycles. The van der Waals surface area contributed by atoms with E-state index in [0.717, 1.165) is 11.3 Å². The van der Waals surface area contributed by atoms with Gasteiger partial charge in [-0.3, -0.25) is 15.5 Å². The summed E-state index contributed by atoms with van der Waals surface area (Å²) in [6, 6.07) is 13.8. The first kappa shape index (κ1) is 14.5. The summed E-state index contributed by atoms with van der Waals surface area (Å²) >= 11 is 0. The first-order valence-electron chi connectivity index (χ1n) is 6.46. The Kier molecular flexibility index (Phi) is 4.87. The minimum atomic E-state index is -0.450. The van der Waals surface area contributed by atoms with E-state index < -0.39 is 4.92 Å². The number of benzene rings is 2. The largest absolute Gasteiger partial charge is 0.494 e. The summed E-state index contributed by atoms with van der Waals surface area (Å²) < 4.78 is 5.34. The molecule has 2 aromatic carbocycles. The van der Waals surface area contributed by atoms with Crippen molar-refractivity contribution in [2.45, 2.75) is 6.92 Å². The smallest absolute Gasteiger partial charge is 0.294 e. The van der Waals surface area contributed by atoms with Crippen LogP contribution in [-0.4, -0.2) is 17.7 Å². The predicted molar refractivity (Wildman–Crippen MR) is 81.9 cm³/mol. The molecule has 0 radical (unpaired) electrons. The van der Waals surface area contributed by atoms with Gasteiger partial charge in [-0.2, -0.15) is 5.10 Å². The molecule has 0 heterocycles. The van der Waals surface area contributed by atoms with Crippen LogP contribution in [0.15, 0.2) is 53.6 Å². The maximum absolute atomic E-state index is 10.9. The Labute approximate surface area is 122 Å². The number of hydrogen-bond donors (Lipinski definition) is 1. The van der Waals surface area contributed by atoms with E-state index in [0.29, 0.717) is 12.3 Å². The Hall–Kier alpha value is -2.89. The molecule has 108 valence electrons. The maximum Gasteiger partial charge on any atom is 0.294 e. The molecule has 2 rings (SSSR count). The molecule has 2 aromatic rings. The van der Waals surface area contributed by atoms with Crippen LogP contribution in [0.3, 0.4) is 0 Å². The highest BCUT2D eigenvalue weighted by Crippen LogP contribution is 2.22. The van der Waals surface area contributed by atoms with Crippen molar-refractivity contribution in [2.75, 3.05) is 12.0 Å². The van der Waals surface area contributed by atoms with Crippen LogP contribution in [0, 0.1) is 10.1 Å². The molecule has 0 fully saturated rings. The third kappa shape index (κ3) is 4.04. The Bertz CT molecular complexity index is 639. The van der Waals surface area contributed by atoms with Gasteiger partial charge in [-0.1, -0.05) is 12.1 Å². The van der Waals surface area contributed by atoms with Gasteiger partial charge in [0.1, 0.15) is 11.4 Å². The predicted octanol–water partition coefficient (Wildman–Crippen LogP) is 3.44. The summed E-state index contributed by atoms with van der Waals surface area (Å²) in [4.78, 5) is 10.4. The van der Waals surface area contributed by atoms with Crippen molar-refractivity contribution in [3.63, 3.8) is 0 Å². The molecule has 6 heteroatoms. The van der Waals surface area contributed by atoms with E-state index in [2.05, 4.69) is 10.5 Å². The van der Waals surface area contributed by atoms with Crippen LogP contribution >= 0.6 is 0 Å². The number of nitrogens with one attached hydrogen (secondary N) is 1. The van der Waals surface area contributed by atoms with Crippen molar-refractivity contribution < 1.29 is 9.66 Å². The van der Waals surface area contributed by atoms with Crippen LogP contribution in [0.4, 0.5) is 11.4 Å². The zero-order valence-electron chi connectivity index (χ0n) is 11.5. The zero-order valence-corrected chi connectivity index (χ0v) is 11.5. The SMILES string of the molecule is CCOc1ccc(/C=N/Nc2ccccc2[N+](=O)[O-])cc1. The number of anilines is 1. The van der Waals surface area contributed by atoms with Crippen LogP contribution in [0.2, 0.25) is 0 Å². The molecule has 0 aliphatic rings. The highest BCUT2D eigenvalue weighted by atomic mass is 16.6. The van der Waals surface area contributed by atoms with Crippen LogP contribution in [-0.2, 0) is 0 Å². The number of hydrogen-bond acceptors (Lipinski definition) is 5. The Morgan fingerprint density at radius 2 is 1.95 bits per heavy atom. The highest BCUT2D eigenvalue weighted by molar-refractivity contribution is 5.80. The summed E-state index contributed by atoms with van der Waals surface area (Å²) in [6.45, 7) is 2.54. The van der Waals surface area contributed by atoms with Gasteiger partial charge >= 0.3 is 0 Å². The molecule has 0 unspecified atom stereocenters. The quantitative estimate of drug-likeness (QED) is 0.501. The normalized spacial score (nSPS) is 10.5. The van der Waals surface area contributed by atoms with Crippen molar-refractivity contribution in [1.82, 2.24) is 0 Å². The van der Waals surface area contributed by atoms with Gasteiger partial charge in [-0.25, -0.2) is 0 Å². The van der Waals surface area contributed by atoms with Crippen molar-refractivity contribution in [3.8, 4) is 5.75 Å². The second kappa shape index (κ2) is 7.04. The maximum atomic E-state index is 10.9. The lowest BCUT2D eigenvalue weighted by molar-refractivity contribution is -0.384. The number of nitro groups is 1. The lowest BCUT2D eigenvalue weighted by Gasteiger charge is -2.03. The first-order valence-corrected chi connectivity index (χ1v) is 6.46. The fourth-order valence-corrected chi connectivity index (χ4v) is 1.72. The standard InChI is InChI=1S/C15H15N3O3/c1-2-21-13-9-7-12(8-10-13)11-16-17-14-5-3-4-6-15(14)18(19)20/h3-11,17H,2H2,1H3/b16-11+. The van der Waals surface area contributed by atoms with Gasteiger partial charge in [0.25, 0.3) is 5.69 Å². The highest BCUT2D eigenvalue weighted by Gasteiger charge is 2.10. The van der Waals surface area contributed by atoms with Gasteiger partial charge in [-0.05, 0) is 42.8 Å². The van der Waals surface area contributed by atoms with Crippen LogP contribution in [0.1, 0.15) is 12.5 Å². The molecule has 0 spiro atoms. The molecule has 6 nitrogen and oxygen atoms in total. The zero-order chi connectivity index (χ0) is 15.1. The molecule has 1 N–H and O–H groups in total. The molecule has 0 aliphatic heterocycles. The van der Waals surface area contributed by atoms with Crippen molar-refractivity contribution >= 4 is 17.6 Å². The van der Waals surface area contributed by atoms with E-state index in [1.54, 1.807) is 24.4 Å². The van der Waals surface area contributed by atoms with E-state index >= 15 is 0 Å². The monoisotopic (exact) mass is 285 g/mol. The fourth-order valence-electron chi connectivity index (χ4n) is 1.72. The molecule has 21 heavy (non-hydrogen) atoms. The van der Waals surface area contributed by atoms with Crippen molar-refractivity contribution in [2.24, 2.45) is 5.10 Å². The Morgan fingerprint density at radius 1 is 1.24 bits per heavy atom. The lowest BCUT2D eigenvalue weighted by atomic mass is 10.2. The van der Waals surface area contributed by atoms with E-state index in [9.17, 15) is 10.1 Å². The molecule has 0 saturated carbocycles. The minimum Gasteiger partial charge on any atom is -0.494 e. The Morgan fingerprint density at radius 3 is 2.62 bits per heavy atom. The fraction of sp³-hybridized carbons (Fsp3) is 0.133. The van der Waals surface area contributed by atoms with E-state index in [1.807, 2.05) is 31.2 Å². The molecule has 0 amide bonds. The number of hydrazone groups is 1. The number of ether oxygens (including phenoxy) is 1. The van der Waals surface area contributed by atoms with E-state index in [1.165, 1.54) is 6.07 Å². The van der Waals surface area contributed by atoms with Gasteiger partial charge in [0.05, 0.1) is 17.7 Å². The number of rotatable bonds is 6. The topological polar surface area (TPSA) is 76.8 Å². The van der Waals surface area contributed by atoms with E-state index in [4.69, 9.17) is 4.74 Å². The van der Waals surface area contributed by atoms with Crippen LogP contribution < -0.4 is 10.2 Å². The summed E-state index contributed by atoms with van der Waals surface area (Å²) in [6.07, 6.45) is 1.59. The minimum absolute atomic E-state index is 0.0126. The molecule has 0 aromatic heterocycles. The summed E-state index contributed by atoms with van der Waals surface area (Å²) in [7, 11) is 0. The van der Waals surface area contributed by atoms with Crippen LogP contribution in [0.25, 0.3) is 0 Å². The molecular formula is C15H15N3O3. The second-order valence-electron chi connectivity index (χ2n) is 4.15. The molecule has 0 bridgehead atoms. The number of para-hydroxylation sites is 2. The van der Waals surface area contributed by atoms with Gasteiger partial charge < -0.3 is 4.74 Å². The van der Waals surface area contributed by atoms with E-state index in [-0.39, 0.29) is 5.69 Å². The van der Waals surface area contributed by atoms with Crippen molar-refractivity contribution in [1.29, 1.82) is 0 Å². The average Bonchev–Trinajstić information content (AvgIpc) is 2.50. The van der Waals surface area contributed by atoms with Gasteiger partial charge in [0.2, 0.25) is 0 Å². The average molecular weight is 285 g/mol. The summed E-state index contributed by atoms with van der Waals surface area (Å²) in [5.74, 6) is 0.793. The molecular weight excluding hydrogens is 270 g/mol. The van der Waals surface area contributed by atoms with Gasteiger partial charge in [0.15, 0.2) is 0 Å². The first-order chi connectivity index (χ1) is 10.2. The van der Waals surface area contributed by atoms with Gasteiger partial charge in [-0.15, -0.1) is 0 Å². The molecule has 0 atom stereocenters. The third-order valence-corrected chi connectivity index (χ3v) is 2.69. The molecule has 0 saturated heterocycles. The van der Waals surface area contributed by atoms with Gasteiger partial charge in [0, 0.05) is 6.07 Å². The number of nitro benzene ring substituents is 1. The van der Waals surface area contributed by atoms with Crippen molar-refractivity contribution in [3.05, 3.63) is 64.2 Å². The summed E-state index contributed by atoms with van der Waals surface area (Å²) in [5, 5.41) is 14.9. The third-order valence-electron chi connectivity index (χ3n) is 2.69.